The summed E-state index contributed by atoms with van der Waals surface area (Å²) in [5.74, 6) is 1.79. The SMILES string of the molecule is CCC(C)NC(=O)CC1CCN(C(=O)c2ccc3oc(C4CC4)nc3c2)CC1. The number of carbonyl (C=O) groups excluding carboxylic acids is 2. The fourth-order valence-corrected chi connectivity index (χ4v) is 3.80. The van der Waals surface area contributed by atoms with Crippen molar-refractivity contribution in [3.8, 4) is 0 Å². The van der Waals surface area contributed by atoms with Gasteiger partial charge in [0.2, 0.25) is 5.91 Å². The monoisotopic (exact) mass is 383 g/mol. The molecule has 0 bridgehead atoms. The van der Waals surface area contributed by atoms with Crippen molar-refractivity contribution in [3.05, 3.63) is 29.7 Å². The molecule has 150 valence electrons. The van der Waals surface area contributed by atoms with Gasteiger partial charge in [-0.3, -0.25) is 9.59 Å². The predicted molar refractivity (Wildman–Crippen MR) is 107 cm³/mol. The summed E-state index contributed by atoms with van der Waals surface area (Å²) in [4.78, 5) is 31.4. The minimum Gasteiger partial charge on any atom is -0.440 e. The largest absolute Gasteiger partial charge is 0.440 e. The molecular formula is C22H29N3O3. The van der Waals surface area contributed by atoms with Crippen LogP contribution in [0.5, 0.6) is 0 Å². The van der Waals surface area contributed by atoms with E-state index >= 15 is 0 Å². The van der Waals surface area contributed by atoms with Crippen LogP contribution in [0.15, 0.2) is 22.6 Å². The molecule has 1 aliphatic heterocycles. The fourth-order valence-electron chi connectivity index (χ4n) is 3.80. The third kappa shape index (κ3) is 4.21. The Morgan fingerprint density at radius 2 is 2.00 bits per heavy atom. The van der Waals surface area contributed by atoms with E-state index < -0.39 is 0 Å². The molecule has 1 aliphatic carbocycles. The van der Waals surface area contributed by atoms with Crippen LogP contribution in [0.1, 0.15) is 74.5 Å². The van der Waals surface area contributed by atoms with E-state index in [9.17, 15) is 9.59 Å². The molecule has 1 saturated heterocycles. The van der Waals surface area contributed by atoms with E-state index in [0.717, 1.165) is 49.1 Å². The number of benzene rings is 1. The maximum absolute atomic E-state index is 12.9. The predicted octanol–water partition coefficient (Wildman–Crippen LogP) is 3.86. The number of hydrogen-bond acceptors (Lipinski definition) is 4. The van der Waals surface area contributed by atoms with Gasteiger partial charge in [-0.2, -0.15) is 0 Å². The van der Waals surface area contributed by atoms with Crippen molar-refractivity contribution in [3.63, 3.8) is 0 Å². The third-order valence-electron chi connectivity index (χ3n) is 5.97. The Morgan fingerprint density at radius 3 is 2.68 bits per heavy atom. The Hall–Kier alpha value is -2.37. The molecule has 1 aromatic carbocycles. The van der Waals surface area contributed by atoms with Gasteiger partial charge in [0.15, 0.2) is 11.5 Å². The van der Waals surface area contributed by atoms with Gasteiger partial charge in [0, 0.05) is 37.0 Å². The first-order valence-electron chi connectivity index (χ1n) is 10.5. The van der Waals surface area contributed by atoms with Gasteiger partial charge < -0.3 is 14.6 Å². The van der Waals surface area contributed by atoms with E-state index in [0.29, 0.717) is 36.9 Å². The Bertz CT molecular complexity index is 863. The number of fused-ring (bicyclic) bond motifs is 1. The normalized spacial score (nSPS) is 19.0. The van der Waals surface area contributed by atoms with Gasteiger partial charge in [-0.15, -0.1) is 0 Å². The number of piperidine rings is 1. The highest BCUT2D eigenvalue weighted by atomic mass is 16.3. The van der Waals surface area contributed by atoms with Crippen LogP contribution in [-0.2, 0) is 4.79 Å². The Kier molecular flexibility index (Phi) is 5.38. The summed E-state index contributed by atoms with van der Waals surface area (Å²) in [5.41, 5.74) is 2.19. The molecule has 1 N–H and O–H groups in total. The standard InChI is InChI=1S/C22H29N3O3/c1-3-14(2)23-20(26)12-15-8-10-25(11-9-15)22(27)17-6-7-19-18(13-17)24-21(28-19)16-4-5-16/h6-7,13-16H,3-5,8-12H2,1-2H3,(H,23,26). The van der Waals surface area contributed by atoms with Gasteiger partial charge in [0.25, 0.3) is 5.91 Å². The summed E-state index contributed by atoms with van der Waals surface area (Å²) < 4.78 is 5.78. The van der Waals surface area contributed by atoms with E-state index in [1.165, 1.54) is 0 Å². The number of oxazole rings is 1. The van der Waals surface area contributed by atoms with Crippen molar-refractivity contribution < 1.29 is 14.0 Å². The Morgan fingerprint density at radius 1 is 1.25 bits per heavy atom. The quantitative estimate of drug-likeness (QED) is 0.822. The summed E-state index contributed by atoms with van der Waals surface area (Å²) in [6, 6.07) is 5.76. The van der Waals surface area contributed by atoms with E-state index in [1.54, 1.807) is 0 Å². The molecule has 1 unspecified atom stereocenters. The smallest absolute Gasteiger partial charge is 0.253 e. The minimum absolute atomic E-state index is 0.0420. The van der Waals surface area contributed by atoms with E-state index in [-0.39, 0.29) is 17.9 Å². The number of carbonyl (C=O) groups is 2. The van der Waals surface area contributed by atoms with Crippen LogP contribution in [-0.4, -0.2) is 40.8 Å². The van der Waals surface area contributed by atoms with Crippen molar-refractivity contribution in [1.29, 1.82) is 0 Å². The number of likely N-dealkylation sites (tertiary alicyclic amines) is 1. The summed E-state index contributed by atoms with van der Waals surface area (Å²) in [6.45, 7) is 5.49. The molecule has 2 aromatic rings. The van der Waals surface area contributed by atoms with Crippen LogP contribution in [0.2, 0.25) is 0 Å². The number of nitrogens with one attached hydrogen (secondary N) is 1. The summed E-state index contributed by atoms with van der Waals surface area (Å²) >= 11 is 0. The molecule has 6 nitrogen and oxygen atoms in total. The first-order valence-corrected chi connectivity index (χ1v) is 10.5. The molecule has 4 rings (SSSR count). The van der Waals surface area contributed by atoms with Crippen LogP contribution in [0, 0.1) is 5.92 Å². The number of aromatic nitrogens is 1. The molecule has 0 spiro atoms. The van der Waals surface area contributed by atoms with Crippen LogP contribution in [0.25, 0.3) is 11.1 Å². The van der Waals surface area contributed by atoms with Crippen molar-refractivity contribution in [2.75, 3.05) is 13.1 Å². The average molecular weight is 383 g/mol. The highest BCUT2D eigenvalue weighted by molar-refractivity contribution is 5.97. The zero-order valence-electron chi connectivity index (χ0n) is 16.7. The molecular weight excluding hydrogens is 354 g/mol. The molecule has 2 heterocycles. The molecule has 0 radical (unpaired) electrons. The van der Waals surface area contributed by atoms with Crippen molar-refractivity contribution in [2.45, 2.75) is 64.3 Å². The van der Waals surface area contributed by atoms with E-state index in [2.05, 4.69) is 17.2 Å². The van der Waals surface area contributed by atoms with Gasteiger partial charge in [-0.25, -0.2) is 4.98 Å². The topological polar surface area (TPSA) is 75.4 Å². The second-order valence-electron chi connectivity index (χ2n) is 8.33. The van der Waals surface area contributed by atoms with Crippen LogP contribution in [0.4, 0.5) is 0 Å². The van der Waals surface area contributed by atoms with Gasteiger partial charge in [0.05, 0.1) is 0 Å². The number of rotatable bonds is 6. The molecule has 1 atom stereocenters. The van der Waals surface area contributed by atoms with Crippen molar-refractivity contribution in [2.24, 2.45) is 5.92 Å². The first-order chi connectivity index (χ1) is 13.5. The van der Waals surface area contributed by atoms with Crippen molar-refractivity contribution >= 4 is 22.9 Å². The minimum atomic E-state index is 0.0420. The molecule has 1 aromatic heterocycles. The van der Waals surface area contributed by atoms with Gasteiger partial charge in [0.1, 0.15) is 5.52 Å². The Labute approximate surface area is 165 Å². The van der Waals surface area contributed by atoms with E-state index in [4.69, 9.17) is 4.42 Å². The number of amides is 2. The lowest BCUT2D eigenvalue weighted by Gasteiger charge is -2.32. The first kappa shape index (κ1) is 19.0. The molecule has 2 amide bonds. The van der Waals surface area contributed by atoms with E-state index in [1.807, 2.05) is 30.0 Å². The molecule has 6 heteroatoms. The molecule has 28 heavy (non-hydrogen) atoms. The molecule has 2 fully saturated rings. The molecule has 1 saturated carbocycles. The maximum Gasteiger partial charge on any atom is 0.253 e. The van der Waals surface area contributed by atoms with Crippen LogP contribution in [0.3, 0.4) is 0 Å². The maximum atomic E-state index is 12.9. The number of nitrogens with zero attached hydrogens (tertiary/aromatic N) is 2. The summed E-state index contributed by atoms with van der Waals surface area (Å²) in [5, 5.41) is 3.03. The zero-order valence-corrected chi connectivity index (χ0v) is 16.7. The van der Waals surface area contributed by atoms with Gasteiger partial charge >= 0.3 is 0 Å². The highest BCUT2D eigenvalue weighted by Gasteiger charge is 2.29. The average Bonchev–Trinajstić information content (AvgIpc) is 3.46. The van der Waals surface area contributed by atoms with Crippen molar-refractivity contribution in [1.82, 2.24) is 15.2 Å². The fraction of sp³-hybridized carbons (Fsp3) is 0.591. The van der Waals surface area contributed by atoms with Crippen LogP contribution >= 0.6 is 0 Å². The van der Waals surface area contributed by atoms with Crippen LogP contribution < -0.4 is 5.32 Å². The highest BCUT2D eigenvalue weighted by Crippen LogP contribution is 2.40. The summed E-state index contributed by atoms with van der Waals surface area (Å²) in [6.07, 6.45) is 5.53. The lowest BCUT2D eigenvalue weighted by molar-refractivity contribution is -0.122. The zero-order chi connectivity index (χ0) is 19.7. The lowest BCUT2D eigenvalue weighted by atomic mass is 9.92. The van der Waals surface area contributed by atoms with Gasteiger partial charge in [-0.05, 0) is 63.1 Å². The lowest BCUT2D eigenvalue weighted by Crippen LogP contribution is -2.40. The number of hydrogen-bond donors (Lipinski definition) is 1. The second-order valence-corrected chi connectivity index (χ2v) is 8.33. The Balaban J connectivity index is 1.33. The second kappa shape index (κ2) is 7.94. The van der Waals surface area contributed by atoms with Gasteiger partial charge in [-0.1, -0.05) is 6.92 Å². The third-order valence-corrected chi connectivity index (χ3v) is 5.97. The summed E-state index contributed by atoms with van der Waals surface area (Å²) in [7, 11) is 0. The molecule has 2 aliphatic rings.